The van der Waals surface area contributed by atoms with Gasteiger partial charge in [-0.05, 0) is 19.8 Å². The molecule has 1 N–H and O–H groups in total. The summed E-state index contributed by atoms with van der Waals surface area (Å²) in [5.74, 6) is 0.297. The molecule has 3 atom stereocenters. The molecule has 2 rings (SSSR count). The maximum Gasteiger partial charge on any atom is 0.238 e. The summed E-state index contributed by atoms with van der Waals surface area (Å²) < 4.78 is 0. The molecular weight excluding hydrogens is 288 g/mol. The standard InChI is InChI=1S/C11H13BrN2OS/c1-6(12)10(15)14-11-8(5-13)7-3-2-4-9(7)16-11/h6-7,9H,2-4H2,1H3,(H,14,15)/t6-,7+,9-/m0/s1. The monoisotopic (exact) mass is 300 g/mol. The highest BCUT2D eigenvalue weighted by atomic mass is 79.9. The topological polar surface area (TPSA) is 52.9 Å². The molecule has 3 nitrogen and oxygen atoms in total. The number of nitrogens with zero attached hydrogens (tertiary/aromatic N) is 1. The zero-order valence-electron chi connectivity index (χ0n) is 9.00. The highest BCUT2D eigenvalue weighted by Crippen LogP contribution is 2.49. The van der Waals surface area contributed by atoms with Crippen molar-refractivity contribution in [3.63, 3.8) is 0 Å². The summed E-state index contributed by atoms with van der Waals surface area (Å²) in [5, 5.41) is 13.3. The van der Waals surface area contributed by atoms with Gasteiger partial charge in [0.05, 0.1) is 21.5 Å². The molecule has 0 aromatic heterocycles. The van der Waals surface area contributed by atoms with Gasteiger partial charge in [0.1, 0.15) is 0 Å². The van der Waals surface area contributed by atoms with Gasteiger partial charge in [0.15, 0.2) is 0 Å². The second kappa shape index (κ2) is 4.80. The van der Waals surface area contributed by atoms with E-state index in [0.717, 1.165) is 23.4 Å². The van der Waals surface area contributed by atoms with Gasteiger partial charge in [-0.1, -0.05) is 22.4 Å². The second-order valence-electron chi connectivity index (χ2n) is 4.15. The Hall–Kier alpha value is -0.470. The number of rotatable bonds is 2. The van der Waals surface area contributed by atoms with Crippen molar-refractivity contribution in [3.05, 3.63) is 10.6 Å². The summed E-state index contributed by atoms with van der Waals surface area (Å²) in [5.41, 5.74) is 0.786. The lowest BCUT2D eigenvalue weighted by Gasteiger charge is -2.08. The minimum atomic E-state index is -0.221. The number of carbonyl (C=O) groups excluding carboxylic acids is 1. The number of nitrogens with one attached hydrogen (secondary N) is 1. The van der Waals surface area contributed by atoms with Crippen molar-refractivity contribution in [2.24, 2.45) is 5.92 Å². The van der Waals surface area contributed by atoms with E-state index >= 15 is 0 Å². The maximum atomic E-state index is 11.6. The molecule has 5 heteroatoms. The van der Waals surface area contributed by atoms with Crippen LogP contribution < -0.4 is 5.32 Å². The Morgan fingerprint density at radius 1 is 1.69 bits per heavy atom. The molecule has 1 aliphatic heterocycles. The van der Waals surface area contributed by atoms with Gasteiger partial charge < -0.3 is 5.32 Å². The Morgan fingerprint density at radius 3 is 3.06 bits per heavy atom. The van der Waals surface area contributed by atoms with Crippen LogP contribution in [-0.4, -0.2) is 16.0 Å². The number of hydrogen-bond donors (Lipinski definition) is 1. The molecule has 0 spiro atoms. The normalized spacial score (nSPS) is 29.8. The summed E-state index contributed by atoms with van der Waals surface area (Å²) in [6.07, 6.45) is 3.44. The third-order valence-electron chi connectivity index (χ3n) is 3.06. The lowest BCUT2D eigenvalue weighted by Crippen LogP contribution is -2.28. The Kier molecular flexibility index (Phi) is 3.60. The van der Waals surface area contributed by atoms with Crippen molar-refractivity contribution in [2.75, 3.05) is 0 Å². The molecule has 1 fully saturated rings. The molecule has 16 heavy (non-hydrogen) atoms. The number of alkyl halides is 1. The van der Waals surface area contributed by atoms with Crippen LogP contribution in [0.5, 0.6) is 0 Å². The van der Waals surface area contributed by atoms with Crippen LogP contribution in [0.4, 0.5) is 0 Å². The number of halogens is 1. The highest BCUT2D eigenvalue weighted by molar-refractivity contribution is 9.10. The third kappa shape index (κ3) is 2.14. The Bertz CT molecular complexity index is 386. The van der Waals surface area contributed by atoms with Gasteiger partial charge in [0, 0.05) is 11.2 Å². The summed E-state index contributed by atoms with van der Waals surface area (Å²) in [6.45, 7) is 1.78. The number of fused-ring (bicyclic) bond motifs is 1. The lowest BCUT2D eigenvalue weighted by atomic mass is 9.99. The predicted molar refractivity (Wildman–Crippen MR) is 67.9 cm³/mol. The minimum Gasteiger partial charge on any atom is -0.319 e. The van der Waals surface area contributed by atoms with E-state index in [9.17, 15) is 4.79 Å². The third-order valence-corrected chi connectivity index (χ3v) is 4.90. The minimum absolute atomic E-state index is 0.0739. The first kappa shape index (κ1) is 12.0. The Labute approximate surface area is 108 Å². The zero-order chi connectivity index (χ0) is 11.7. The van der Waals surface area contributed by atoms with Crippen molar-refractivity contribution in [1.29, 1.82) is 5.26 Å². The smallest absolute Gasteiger partial charge is 0.238 e. The van der Waals surface area contributed by atoms with Gasteiger partial charge in [0.25, 0.3) is 0 Å². The van der Waals surface area contributed by atoms with Gasteiger partial charge >= 0.3 is 0 Å². The number of amides is 1. The molecule has 0 aromatic carbocycles. The molecule has 0 saturated heterocycles. The Morgan fingerprint density at radius 2 is 2.44 bits per heavy atom. The van der Waals surface area contributed by atoms with Crippen molar-refractivity contribution in [1.82, 2.24) is 5.32 Å². The van der Waals surface area contributed by atoms with Crippen molar-refractivity contribution < 1.29 is 4.79 Å². The van der Waals surface area contributed by atoms with Crippen LogP contribution in [0.2, 0.25) is 0 Å². The number of hydrogen-bond acceptors (Lipinski definition) is 3. The average Bonchev–Trinajstić information content (AvgIpc) is 2.77. The number of allylic oxidation sites excluding steroid dienone is 1. The number of thioether (sulfide) groups is 1. The van der Waals surface area contributed by atoms with E-state index in [1.807, 2.05) is 0 Å². The van der Waals surface area contributed by atoms with Crippen LogP contribution in [0, 0.1) is 17.2 Å². The first-order chi connectivity index (χ1) is 7.63. The fourth-order valence-electron chi connectivity index (χ4n) is 2.22. The molecule has 0 unspecified atom stereocenters. The molecule has 0 radical (unpaired) electrons. The van der Waals surface area contributed by atoms with Crippen LogP contribution in [0.1, 0.15) is 26.2 Å². The number of carbonyl (C=O) groups is 1. The fourth-order valence-corrected chi connectivity index (χ4v) is 3.84. The largest absolute Gasteiger partial charge is 0.319 e. The SMILES string of the molecule is C[C@H](Br)C(=O)NC1=C(C#N)[C@H]2CCC[C@@H]2S1. The fraction of sp³-hybridized carbons (Fsp3) is 0.636. The Balaban J connectivity index is 2.14. The zero-order valence-corrected chi connectivity index (χ0v) is 11.4. The first-order valence-corrected chi connectivity index (χ1v) is 7.19. The van der Waals surface area contributed by atoms with Crippen molar-refractivity contribution in [3.8, 4) is 6.07 Å². The quantitative estimate of drug-likeness (QED) is 0.797. The maximum absolute atomic E-state index is 11.6. The molecule has 2 aliphatic rings. The molecular formula is C11H13BrN2OS. The van der Waals surface area contributed by atoms with Crippen molar-refractivity contribution >= 4 is 33.6 Å². The van der Waals surface area contributed by atoms with Gasteiger partial charge in [-0.3, -0.25) is 4.79 Å². The van der Waals surface area contributed by atoms with E-state index in [-0.39, 0.29) is 10.7 Å². The van der Waals surface area contributed by atoms with Gasteiger partial charge in [-0.2, -0.15) is 5.26 Å². The van der Waals surface area contributed by atoms with E-state index in [1.165, 1.54) is 6.42 Å². The highest BCUT2D eigenvalue weighted by Gasteiger charge is 2.39. The average molecular weight is 301 g/mol. The van der Waals surface area contributed by atoms with Crippen LogP contribution in [0.25, 0.3) is 0 Å². The summed E-state index contributed by atoms with van der Waals surface area (Å²) in [7, 11) is 0. The van der Waals surface area contributed by atoms with Crippen LogP contribution in [-0.2, 0) is 4.79 Å². The van der Waals surface area contributed by atoms with Crippen LogP contribution >= 0.6 is 27.7 Å². The summed E-state index contributed by atoms with van der Waals surface area (Å²) >= 11 is 4.89. The number of nitriles is 1. The molecule has 1 heterocycles. The predicted octanol–water partition coefficient (Wildman–Crippen LogP) is 2.54. The van der Waals surface area contributed by atoms with E-state index in [2.05, 4.69) is 27.3 Å². The summed E-state index contributed by atoms with van der Waals surface area (Å²) in [4.78, 5) is 11.3. The molecule has 0 aromatic rings. The molecule has 1 amide bonds. The van der Waals surface area contributed by atoms with E-state index in [1.54, 1.807) is 18.7 Å². The molecule has 86 valence electrons. The van der Waals surface area contributed by atoms with Crippen LogP contribution in [0.15, 0.2) is 10.6 Å². The molecule has 1 saturated carbocycles. The van der Waals surface area contributed by atoms with Gasteiger partial charge in [-0.25, -0.2) is 0 Å². The lowest BCUT2D eigenvalue weighted by molar-refractivity contribution is -0.119. The molecule has 0 bridgehead atoms. The van der Waals surface area contributed by atoms with E-state index in [0.29, 0.717) is 11.2 Å². The van der Waals surface area contributed by atoms with E-state index < -0.39 is 0 Å². The van der Waals surface area contributed by atoms with Gasteiger partial charge in [0.2, 0.25) is 5.91 Å². The van der Waals surface area contributed by atoms with Crippen LogP contribution in [0.3, 0.4) is 0 Å². The summed E-state index contributed by atoms with van der Waals surface area (Å²) in [6, 6.07) is 2.26. The van der Waals surface area contributed by atoms with E-state index in [4.69, 9.17) is 5.26 Å². The first-order valence-electron chi connectivity index (χ1n) is 5.39. The second-order valence-corrected chi connectivity index (χ2v) is 6.78. The van der Waals surface area contributed by atoms with Gasteiger partial charge in [-0.15, -0.1) is 11.8 Å². The van der Waals surface area contributed by atoms with Crippen molar-refractivity contribution in [2.45, 2.75) is 36.3 Å². The molecule has 1 aliphatic carbocycles.